The average molecular weight is 685 g/mol. The smallest absolute Gasteiger partial charge is 0.126 e. The van der Waals surface area contributed by atoms with Crippen LogP contribution in [0.2, 0.25) is 0 Å². The first kappa shape index (κ1) is 39.6. The number of nitrogens with zero attached hydrogens (tertiary/aromatic N) is 2. The molecule has 0 aliphatic heterocycles. The maximum absolute atomic E-state index is 13.8. The number of hydrogen-bond acceptors (Lipinski definition) is 6. The molecule has 0 spiro atoms. The topological polar surface area (TPSA) is 65.4 Å². The quantitative estimate of drug-likeness (QED) is 0.0811. The van der Waals surface area contributed by atoms with Gasteiger partial charge in [-0.1, -0.05) is 114 Å². The van der Waals surface area contributed by atoms with Crippen molar-refractivity contribution in [1.29, 1.82) is 0 Å². The van der Waals surface area contributed by atoms with Gasteiger partial charge in [0, 0.05) is 23.9 Å². The summed E-state index contributed by atoms with van der Waals surface area (Å²) in [5.74, 6) is 1.51. The van der Waals surface area contributed by atoms with Gasteiger partial charge in [0.25, 0.3) is 0 Å². The Morgan fingerprint density at radius 1 is 0.460 bits per heavy atom. The van der Waals surface area contributed by atoms with Crippen molar-refractivity contribution in [3.63, 3.8) is 0 Å². The van der Waals surface area contributed by atoms with Crippen LogP contribution in [0, 0.1) is 0 Å². The largest absolute Gasteiger partial charge is 0.496 e. The van der Waals surface area contributed by atoms with Crippen LogP contribution in [0.25, 0.3) is 21.5 Å². The summed E-state index contributed by atoms with van der Waals surface area (Å²) in [4.78, 5) is 4.98. The van der Waals surface area contributed by atoms with E-state index in [4.69, 9.17) is 9.47 Å². The molecule has 4 rings (SSSR count). The number of rotatable bonds is 23. The monoisotopic (exact) mass is 684 g/mol. The third-order valence-corrected chi connectivity index (χ3v) is 10.7. The molecule has 0 bridgehead atoms. The zero-order valence-electron chi connectivity index (χ0n) is 31.8. The average Bonchev–Trinajstić information content (AvgIpc) is 3.16. The van der Waals surface area contributed by atoms with Crippen molar-refractivity contribution in [3.8, 4) is 11.5 Å². The minimum atomic E-state index is -1.64. The molecule has 6 heteroatoms. The summed E-state index contributed by atoms with van der Waals surface area (Å²) >= 11 is 0. The highest BCUT2D eigenvalue weighted by Crippen LogP contribution is 2.51. The van der Waals surface area contributed by atoms with Crippen molar-refractivity contribution < 1.29 is 19.7 Å². The number of benzene rings is 4. The molecule has 0 heterocycles. The van der Waals surface area contributed by atoms with Gasteiger partial charge in [-0.3, -0.25) is 0 Å². The summed E-state index contributed by atoms with van der Waals surface area (Å²) in [6.07, 6.45) is 9.61. The van der Waals surface area contributed by atoms with E-state index in [1.807, 2.05) is 60.7 Å². The van der Waals surface area contributed by atoms with Gasteiger partial charge in [-0.2, -0.15) is 0 Å². The van der Waals surface area contributed by atoms with E-state index < -0.39 is 11.2 Å². The maximum atomic E-state index is 13.8. The Kier molecular flexibility index (Phi) is 15.4. The first-order valence-electron chi connectivity index (χ1n) is 19.3. The number of fused-ring (bicyclic) bond motifs is 2. The van der Waals surface area contributed by atoms with E-state index in [1.165, 1.54) is 0 Å². The number of ether oxygens (including phenoxy) is 2. The predicted molar refractivity (Wildman–Crippen MR) is 211 cm³/mol. The second-order valence-corrected chi connectivity index (χ2v) is 14.0. The summed E-state index contributed by atoms with van der Waals surface area (Å²) in [5, 5.41) is 31.2. The molecule has 0 radical (unpaired) electrons. The maximum Gasteiger partial charge on any atom is 0.126 e. The van der Waals surface area contributed by atoms with Crippen molar-refractivity contribution >= 4 is 21.5 Å². The lowest BCUT2D eigenvalue weighted by Gasteiger charge is -2.47. The van der Waals surface area contributed by atoms with Crippen molar-refractivity contribution in [1.82, 2.24) is 9.80 Å². The van der Waals surface area contributed by atoms with Crippen LogP contribution in [-0.2, 0) is 11.2 Å². The molecular weight excluding hydrogens is 620 g/mol. The molecule has 0 unspecified atom stereocenters. The van der Waals surface area contributed by atoms with Gasteiger partial charge in [-0.15, -0.1) is 0 Å². The Bertz CT molecular complexity index is 1470. The molecule has 2 atom stereocenters. The fourth-order valence-electron chi connectivity index (χ4n) is 7.59. The van der Waals surface area contributed by atoms with E-state index in [0.717, 1.165) is 122 Å². The van der Waals surface area contributed by atoms with Gasteiger partial charge in [0.15, 0.2) is 0 Å². The Balaban J connectivity index is 2.00. The SMILES string of the molecule is CCCCN(CCCC)CC[C@](O)(c1ccc(OC)c2ccccc12)[C@](O)(CCN(CCCC)CCCC)c1ccc(OC)c2ccccc12. The van der Waals surface area contributed by atoms with Crippen LogP contribution in [0.15, 0.2) is 72.8 Å². The van der Waals surface area contributed by atoms with Crippen LogP contribution in [0.4, 0.5) is 0 Å². The van der Waals surface area contributed by atoms with E-state index in [0.29, 0.717) is 25.9 Å². The molecule has 4 aromatic carbocycles. The molecule has 0 saturated carbocycles. The zero-order valence-corrected chi connectivity index (χ0v) is 31.8. The van der Waals surface area contributed by atoms with Crippen LogP contribution < -0.4 is 9.47 Å². The molecule has 0 aromatic heterocycles. The van der Waals surface area contributed by atoms with Crippen LogP contribution in [0.5, 0.6) is 11.5 Å². The van der Waals surface area contributed by atoms with Crippen LogP contribution >= 0.6 is 0 Å². The molecule has 0 fully saturated rings. The lowest BCUT2D eigenvalue weighted by Crippen LogP contribution is -2.53. The van der Waals surface area contributed by atoms with Gasteiger partial charge in [0.2, 0.25) is 0 Å². The number of aliphatic hydroxyl groups is 2. The summed E-state index contributed by atoms with van der Waals surface area (Å²) in [6.45, 7) is 14.2. The third kappa shape index (κ3) is 9.00. The lowest BCUT2D eigenvalue weighted by atomic mass is 9.67. The lowest BCUT2D eigenvalue weighted by molar-refractivity contribution is -0.176. The molecule has 0 aliphatic rings. The first-order chi connectivity index (χ1) is 24.3. The van der Waals surface area contributed by atoms with Gasteiger partial charge >= 0.3 is 0 Å². The fraction of sp³-hybridized carbons (Fsp3) is 0.545. The van der Waals surface area contributed by atoms with Crippen molar-refractivity contribution in [2.45, 2.75) is 103 Å². The second kappa shape index (κ2) is 19.4. The molecule has 0 aliphatic carbocycles. The minimum absolute atomic E-state index is 0.373. The molecule has 2 N–H and O–H groups in total. The van der Waals surface area contributed by atoms with Gasteiger partial charge < -0.3 is 29.5 Å². The number of methoxy groups -OCH3 is 2. The normalized spacial score (nSPS) is 14.4. The Morgan fingerprint density at radius 2 is 0.780 bits per heavy atom. The van der Waals surface area contributed by atoms with Gasteiger partial charge in [0.1, 0.15) is 22.7 Å². The Hall–Kier alpha value is -3.16. The Morgan fingerprint density at radius 3 is 1.08 bits per heavy atom. The van der Waals surface area contributed by atoms with Crippen molar-refractivity contribution in [2.75, 3.05) is 53.5 Å². The summed E-state index contributed by atoms with van der Waals surface area (Å²) in [5.41, 5.74) is -1.82. The fourth-order valence-corrected chi connectivity index (χ4v) is 7.59. The minimum Gasteiger partial charge on any atom is -0.496 e. The summed E-state index contributed by atoms with van der Waals surface area (Å²) in [7, 11) is 3.38. The predicted octanol–water partition coefficient (Wildman–Crippen LogP) is 9.67. The standard InChI is InChI=1S/C44H64N2O4/c1-7-11-29-45(30-12-8-2)33-27-43(47,39-23-25-41(49-5)37-21-17-15-19-35(37)39)44(48,28-34-46(31-13-9-3)32-14-10-4)40-24-26-42(50-6)38-22-18-16-20-36(38)40/h15-26,47-48H,7-14,27-34H2,1-6H3/t43-,44-/m0/s1. The molecule has 0 amide bonds. The first-order valence-corrected chi connectivity index (χ1v) is 19.3. The summed E-state index contributed by atoms with van der Waals surface area (Å²) < 4.78 is 11.6. The van der Waals surface area contributed by atoms with Gasteiger partial charge in [-0.05, 0) is 98.7 Å². The van der Waals surface area contributed by atoms with Crippen LogP contribution in [-0.4, -0.2) is 73.5 Å². The second-order valence-electron chi connectivity index (χ2n) is 14.0. The summed E-state index contributed by atoms with van der Waals surface area (Å²) in [6, 6.07) is 24.2. The van der Waals surface area contributed by atoms with E-state index in [9.17, 15) is 10.2 Å². The number of hydrogen-bond donors (Lipinski definition) is 2. The van der Waals surface area contributed by atoms with Crippen LogP contribution in [0.3, 0.4) is 0 Å². The van der Waals surface area contributed by atoms with E-state index in [2.05, 4.69) is 49.6 Å². The van der Waals surface area contributed by atoms with Crippen molar-refractivity contribution in [3.05, 3.63) is 83.9 Å². The molecule has 50 heavy (non-hydrogen) atoms. The molecule has 4 aromatic rings. The van der Waals surface area contributed by atoms with Crippen LogP contribution in [0.1, 0.15) is 103 Å². The highest BCUT2D eigenvalue weighted by Gasteiger charge is 2.53. The highest BCUT2D eigenvalue weighted by atomic mass is 16.5. The molecule has 0 saturated heterocycles. The zero-order chi connectivity index (χ0) is 36.0. The Labute approximate surface area is 302 Å². The van der Waals surface area contributed by atoms with Gasteiger partial charge in [-0.25, -0.2) is 0 Å². The van der Waals surface area contributed by atoms with Crippen molar-refractivity contribution in [2.24, 2.45) is 0 Å². The van der Waals surface area contributed by atoms with E-state index in [1.54, 1.807) is 14.2 Å². The van der Waals surface area contributed by atoms with E-state index >= 15 is 0 Å². The molecule has 274 valence electrons. The molecular formula is C44H64N2O4. The molecule has 6 nitrogen and oxygen atoms in total. The number of unbranched alkanes of at least 4 members (excludes halogenated alkanes) is 4. The van der Waals surface area contributed by atoms with E-state index in [-0.39, 0.29) is 0 Å². The van der Waals surface area contributed by atoms with Gasteiger partial charge in [0.05, 0.1) is 14.2 Å². The third-order valence-electron chi connectivity index (χ3n) is 10.7. The highest BCUT2D eigenvalue weighted by molar-refractivity contribution is 5.94.